The van der Waals surface area contributed by atoms with Gasteiger partial charge in [-0.05, 0) is 49.1 Å². The highest BCUT2D eigenvalue weighted by molar-refractivity contribution is 7.12. The van der Waals surface area contributed by atoms with Crippen LogP contribution in [0.4, 0.5) is 5.82 Å². The van der Waals surface area contributed by atoms with E-state index in [0.717, 1.165) is 9.75 Å². The summed E-state index contributed by atoms with van der Waals surface area (Å²) < 4.78 is 6.94. The predicted octanol–water partition coefficient (Wildman–Crippen LogP) is 4.66. The summed E-state index contributed by atoms with van der Waals surface area (Å²) in [7, 11) is 0. The van der Waals surface area contributed by atoms with Gasteiger partial charge in [-0.2, -0.15) is 4.68 Å². The largest absolute Gasteiger partial charge is 0.460 e. The van der Waals surface area contributed by atoms with Crippen molar-refractivity contribution in [3.63, 3.8) is 0 Å². The third-order valence-corrected chi connectivity index (χ3v) is 4.81. The second kappa shape index (κ2) is 7.27. The number of hydrogen-bond acceptors (Lipinski definition) is 6. The Kier molecular flexibility index (Phi) is 5.06. The van der Waals surface area contributed by atoms with Crippen LogP contribution in [0.1, 0.15) is 31.6 Å². The normalized spacial score (nSPS) is 11.3. The molecule has 26 heavy (non-hydrogen) atoms. The number of rotatable bonds is 6. The Morgan fingerprint density at radius 1 is 1.46 bits per heavy atom. The van der Waals surface area contributed by atoms with Crippen molar-refractivity contribution in [1.29, 1.82) is 0 Å². The monoisotopic (exact) mass is 391 g/mol. The number of furan rings is 1. The molecule has 0 amide bonds. The van der Waals surface area contributed by atoms with Gasteiger partial charge in [-0.15, -0.1) is 11.3 Å². The van der Waals surface area contributed by atoms with Crippen molar-refractivity contribution in [1.82, 2.24) is 9.78 Å². The van der Waals surface area contributed by atoms with E-state index in [2.05, 4.69) is 5.10 Å². The minimum Gasteiger partial charge on any atom is -0.460 e. The third kappa shape index (κ3) is 3.92. The van der Waals surface area contributed by atoms with Crippen LogP contribution >= 0.6 is 22.9 Å². The predicted molar refractivity (Wildman–Crippen MR) is 98.9 cm³/mol. The first-order chi connectivity index (χ1) is 12.3. The first kappa shape index (κ1) is 18.1. The van der Waals surface area contributed by atoms with Gasteiger partial charge < -0.3 is 14.5 Å². The molecule has 0 bridgehead atoms. The molecule has 0 aliphatic carbocycles. The van der Waals surface area contributed by atoms with Gasteiger partial charge in [0.05, 0.1) is 11.3 Å². The van der Waals surface area contributed by atoms with Gasteiger partial charge in [0.1, 0.15) is 18.1 Å². The molecule has 134 valence electrons. The summed E-state index contributed by atoms with van der Waals surface area (Å²) in [5.41, 5.74) is 0.689. The van der Waals surface area contributed by atoms with Gasteiger partial charge in [-0.3, -0.25) is 4.79 Å². The van der Waals surface area contributed by atoms with Crippen LogP contribution < -0.4 is 0 Å². The number of halogens is 1. The SMILES string of the molecule is Cc1cc(C(=O)/C=C/c2ccc(Cn3cc(Cl)c([N+](=O)[O-])n3)o2)c(C)s1. The number of carbonyl (C=O) groups excluding carboxylic acids is 1. The van der Waals surface area contributed by atoms with Crippen LogP contribution in [0, 0.1) is 24.0 Å². The molecule has 0 N–H and O–H groups in total. The topological polar surface area (TPSA) is 91.2 Å². The van der Waals surface area contributed by atoms with E-state index in [1.165, 1.54) is 17.0 Å². The van der Waals surface area contributed by atoms with Crippen molar-refractivity contribution in [2.45, 2.75) is 20.4 Å². The standard InChI is InChI=1S/C17H14ClN3O4S/c1-10-7-14(11(2)26-10)16(22)6-5-12-3-4-13(25-12)8-20-9-15(18)17(19-20)21(23)24/h3-7,9H,8H2,1-2H3/b6-5+. The van der Waals surface area contributed by atoms with E-state index in [4.69, 9.17) is 16.0 Å². The molecule has 0 aliphatic heterocycles. The number of allylic oxidation sites excluding steroid dienone is 1. The van der Waals surface area contributed by atoms with Crippen molar-refractivity contribution in [2.24, 2.45) is 0 Å². The van der Waals surface area contributed by atoms with Crippen molar-refractivity contribution in [3.8, 4) is 0 Å². The Hall–Kier alpha value is -2.71. The van der Waals surface area contributed by atoms with Crippen LogP contribution in [-0.4, -0.2) is 20.5 Å². The molecule has 3 heterocycles. The first-order valence-electron chi connectivity index (χ1n) is 7.59. The number of nitrogens with zero attached hydrogens (tertiary/aromatic N) is 3. The molecule has 0 spiro atoms. The molecule has 3 aromatic rings. The maximum absolute atomic E-state index is 12.2. The van der Waals surface area contributed by atoms with E-state index in [1.54, 1.807) is 29.5 Å². The highest BCUT2D eigenvalue weighted by Gasteiger charge is 2.19. The summed E-state index contributed by atoms with van der Waals surface area (Å²) in [5, 5.41) is 14.5. The Morgan fingerprint density at radius 3 is 2.85 bits per heavy atom. The first-order valence-corrected chi connectivity index (χ1v) is 8.78. The second-order valence-corrected chi connectivity index (χ2v) is 7.45. The fraction of sp³-hybridized carbons (Fsp3) is 0.176. The molecule has 0 fully saturated rings. The number of aromatic nitrogens is 2. The highest BCUT2D eigenvalue weighted by atomic mass is 35.5. The van der Waals surface area contributed by atoms with Gasteiger partial charge >= 0.3 is 5.82 Å². The van der Waals surface area contributed by atoms with Crippen LogP contribution in [0.25, 0.3) is 6.08 Å². The van der Waals surface area contributed by atoms with E-state index in [9.17, 15) is 14.9 Å². The zero-order valence-corrected chi connectivity index (χ0v) is 15.5. The molecular formula is C17H14ClN3O4S. The van der Waals surface area contributed by atoms with E-state index >= 15 is 0 Å². The Bertz CT molecular complexity index is 1020. The van der Waals surface area contributed by atoms with Gasteiger partial charge in [0.15, 0.2) is 10.8 Å². The van der Waals surface area contributed by atoms with Crippen LogP contribution in [0.15, 0.2) is 34.9 Å². The van der Waals surface area contributed by atoms with Gasteiger partial charge in [0, 0.05) is 15.3 Å². The molecule has 0 radical (unpaired) electrons. The summed E-state index contributed by atoms with van der Waals surface area (Å²) in [6, 6.07) is 5.30. The lowest BCUT2D eigenvalue weighted by molar-refractivity contribution is -0.389. The maximum Gasteiger partial charge on any atom is 0.408 e. The maximum atomic E-state index is 12.2. The smallest absolute Gasteiger partial charge is 0.408 e. The Morgan fingerprint density at radius 2 is 2.23 bits per heavy atom. The lowest BCUT2D eigenvalue weighted by Gasteiger charge is -1.93. The number of ketones is 1. The average Bonchev–Trinajstić information content (AvgIpc) is 3.25. The molecule has 3 rings (SSSR count). The highest BCUT2D eigenvalue weighted by Crippen LogP contribution is 2.23. The van der Waals surface area contributed by atoms with E-state index < -0.39 is 10.7 Å². The summed E-state index contributed by atoms with van der Waals surface area (Å²) in [6.07, 6.45) is 4.42. The third-order valence-electron chi connectivity index (χ3n) is 3.58. The average molecular weight is 392 g/mol. The Labute approximate surface area is 157 Å². The minimum absolute atomic E-state index is 0.0336. The molecule has 3 aromatic heterocycles. The molecule has 0 aromatic carbocycles. The number of aryl methyl sites for hydroxylation is 2. The Balaban J connectivity index is 1.70. The number of carbonyl (C=O) groups is 1. The summed E-state index contributed by atoms with van der Waals surface area (Å²) >= 11 is 7.35. The lowest BCUT2D eigenvalue weighted by atomic mass is 10.1. The molecule has 0 aliphatic rings. The number of thiophene rings is 1. The van der Waals surface area contributed by atoms with Gasteiger partial charge in [0.2, 0.25) is 0 Å². The summed E-state index contributed by atoms with van der Waals surface area (Å²) in [6.45, 7) is 4.07. The van der Waals surface area contributed by atoms with Crippen molar-refractivity contribution >= 4 is 40.6 Å². The van der Waals surface area contributed by atoms with E-state index in [0.29, 0.717) is 17.1 Å². The molecule has 0 unspecified atom stereocenters. The van der Waals surface area contributed by atoms with E-state index in [-0.39, 0.29) is 17.4 Å². The lowest BCUT2D eigenvalue weighted by Crippen LogP contribution is -2.00. The van der Waals surface area contributed by atoms with Gasteiger partial charge in [-0.1, -0.05) is 11.6 Å². The van der Waals surface area contributed by atoms with Crippen molar-refractivity contribution < 1.29 is 14.1 Å². The van der Waals surface area contributed by atoms with Gasteiger partial charge in [0.25, 0.3) is 0 Å². The fourth-order valence-electron chi connectivity index (χ4n) is 2.44. The molecule has 7 nitrogen and oxygen atoms in total. The number of nitro groups is 1. The molecule has 0 saturated carbocycles. The van der Waals surface area contributed by atoms with E-state index in [1.807, 2.05) is 19.9 Å². The van der Waals surface area contributed by atoms with Crippen molar-refractivity contribution in [3.05, 3.63) is 72.4 Å². The zero-order chi connectivity index (χ0) is 18.8. The second-order valence-electron chi connectivity index (χ2n) is 5.58. The summed E-state index contributed by atoms with van der Waals surface area (Å²) in [5.74, 6) is 0.559. The van der Waals surface area contributed by atoms with Crippen LogP contribution in [0.3, 0.4) is 0 Å². The molecule has 0 saturated heterocycles. The van der Waals surface area contributed by atoms with Crippen molar-refractivity contribution in [2.75, 3.05) is 0 Å². The quantitative estimate of drug-likeness (QED) is 0.264. The van der Waals surface area contributed by atoms with Crippen LogP contribution in [0.5, 0.6) is 0 Å². The van der Waals surface area contributed by atoms with Crippen LogP contribution in [-0.2, 0) is 6.54 Å². The van der Waals surface area contributed by atoms with Crippen LogP contribution in [0.2, 0.25) is 5.02 Å². The minimum atomic E-state index is -0.644. The zero-order valence-electron chi connectivity index (χ0n) is 13.9. The fourth-order valence-corrected chi connectivity index (χ4v) is 3.59. The molecular weight excluding hydrogens is 378 g/mol. The molecule has 0 atom stereocenters. The molecule has 9 heteroatoms. The van der Waals surface area contributed by atoms with Gasteiger partial charge in [-0.25, -0.2) is 0 Å². The number of hydrogen-bond donors (Lipinski definition) is 0. The summed E-state index contributed by atoms with van der Waals surface area (Å²) in [4.78, 5) is 24.4.